The number of hydrogen-bond donors (Lipinski definition) is 2. The predicted molar refractivity (Wildman–Crippen MR) is 64.6 cm³/mol. The van der Waals surface area contributed by atoms with Crippen molar-refractivity contribution in [1.82, 2.24) is 4.72 Å². The Morgan fingerprint density at radius 3 is 2.71 bits per heavy atom. The summed E-state index contributed by atoms with van der Waals surface area (Å²) in [6.45, 7) is 1.97. The quantitative estimate of drug-likeness (QED) is 0.736. The molecule has 0 unspecified atom stereocenters. The van der Waals surface area contributed by atoms with Crippen LogP contribution in [0.5, 0.6) is 5.75 Å². The maximum atomic E-state index is 12.0. The third-order valence-corrected chi connectivity index (χ3v) is 3.72. The maximum absolute atomic E-state index is 12.0. The van der Waals surface area contributed by atoms with Gasteiger partial charge in [0.15, 0.2) is 0 Å². The number of hydrogen-bond acceptors (Lipinski definition) is 4. The largest absolute Gasteiger partial charge is 0.495 e. The zero-order valence-electron chi connectivity index (χ0n) is 9.93. The van der Waals surface area contributed by atoms with Gasteiger partial charge in [0.25, 0.3) is 0 Å². The maximum Gasteiger partial charge on any atom is 0.244 e. The lowest BCUT2D eigenvalue weighted by molar-refractivity contribution is 0.289. The molecule has 1 rings (SSSR count). The Morgan fingerprint density at radius 1 is 1.41 bits per heavy atom. The summed E-state index contributed by atoms with van der Waals surface area (Å²) in [5, 5.41) is 8.62. The second kappa shape index (κ2) is 6.00. The van der Waals surface area contributed by atoms with Gasteiger partial charge in [0.2, 0.25) is 10.0 Å². The summed E-state index contributed by atoms with van der Waals surface area (Å²) >= 11 is 0. The van der Waals surface area contributed by atoms with Gasteiger partial charge in [-0.2, -0.15) is 0 Å². The van der Waals surface area contributed by atoms with Crippen molar-refractivity contribution >= 4 is 10.0 Å². The van der Waals surface area contributed by atoms with E-state index in [1.807, 2.05) is 6.92 Å². The summed E-state index contributed by atoms with van der Waals surface area (Å²) in [5.74, 6) is 0.312. The van der Waals surface area contributed by atoms with Crippen LogP contribution in [-0.4, -0.2) is 33.8 Å². The highest BCUT2D eigenvalue weighted by atomic mass is 32.2. The minimum absolute atomic E-state index is 0.0481. The molecule has 0 heterocycles. The van der Waals surface area contributed by atoms with E-state index in [1.54, 1.807) is 18.2 Å². The average Bonchev–Trinajstić information content (AvgIpc) is 2.29. The molecule has 6 heteroatoms. The molecule has 0 amide bonds. The van der Waals surface area contributed by atoms with Gasteiger partial charge in [-0.1, -0.05) is 6.07 Å². The number of sulfonamides is 1. The molecule has 0 saturated carbocycles. The van der Waals surface area contributed by atoms with Crippen LogP contribution in [0.25, 0.3) is 0 Å². The van der Waals surface area contributed by atoms with Gasteiger partial charge in [0.1, 0.15) is 10.6 Å². The lowest BCUT2D eigenvalue weighted by Crippen LogP contribution is -2.25. The standard InChI is InChI=1S/C11H17NO4S/c1-9-4-5-10(16-2)11(8-9)17(14,15)12-6-3-7-13/h4-5,8,12-13H,3,6-7H2,1-2H3. The Balaban J connectivity index is 3.00. The zero-order valence-corrected chi connectivity index (χ0v) is 10.8. The molecule has 0 aliphatic carbocycles. The minimum atomic E-state index is -3.58. The monoisotopic (exact) mass is 259 g/mol. The number of benzene rings is 1. The normalized spacial score (nSPS) is 11.5. The molecular weight excluding hydrogens is 242 g/mol. The highest BCUT2D eigenvalue weighted by molar-refractivity contribution is 7.89. The number of rotatable bonds is 6. The van der Waals surface area contributed by atoms with E-state index in [9.17, 15) is 8.42 Å². The summed E-state index contributed by atoms with van der Waals surface area (Å²) in [5.41, 5.74) is 0.841. The van der Waals surface area contributed by atoms with Gasteiger partial charge in [-0.25, -0.2) is 13.1 Å². The van der Waals surface area contributed by atoms with Crippen LogP contribution >= 0.6 is 0 Å². The first kappa shape index (κ1) is 14.0. The van der Waals surface area contributed by atoms with Gasteiger partial charge < -0.3 is 9.84 Å². The molecule has 17 heavy (non-hydrogen) atoms. The molecule has 0 bridgehead atoms. The van der Waals surface area contributed by atoms with Gasteiger partial charge in [-0.15, -0.1) is 0 Å². The lowest BCUT2D eigenvalue weighted by Gasteiger charge is -2.11. The van der Waals surface area contributed by atoms with Crippen LogP contribution in [-0.2, 0) is 10.0 Å². The van der Waals surface area contributed by atoms with Crippen molar-refractivity contribution in [3.05, 3.63) is 23.8 Å². The molecule has 0 radical (unpaired) electrons. The number of nitrogens with one attached hydrogen (secondary N) is 1. The Bertz CT molecular complexity index is 470. The molecule has 1 aromatic carbocycles. The molecule has 0 spiro atoms. The van der Waals surface area contributed by atoms with Crippen molar-refractivity contribution in [2.45, 2.75) is 18.2 Å². The molecule has 5 nitrogen and oxygen atoms in total. The molecule has 0 aromatic heterocycles. The SMILES string of the molecule is COc1ccc(C)cc1S(=O)(=O)NCCCO. The molecule has 2 N–H and O–H groups in total. The van der Waals surface area contributed by atoms with Gasteiger partial charge >= 0.3 is 0 Å². The fourth-order valence-corrected chi connectivity index (χ4v) is 2.68. The van der Waals surface area contributed by atoms with E-state index < -0.39 is 10.0 Å². The van der Waals surface area contributed by atoms with Crippen LogP contribution in [0.4, 0.5) is 0 Å². The number of ether oxygens (including phenoxy) is 1. The van der Waals surface area contributed by atoms with Crippen LogP contribution in [0.2, 0.25) is 0 Å². The molecular formula is C11H17NO4S. The summed E-state index contributed by atoms with van der Waals surface area (Å²) in [6, 6.07) is 4.96. The topological polar surface area (TPSA) is 75.6 Å². The van der Waals surface area contributed by atoms with Crippen LogP contribution in [0.3, 0.4) is 0 Å². The van der Waals surface area contributed by atoms with E-state index in [4.69, 9.17) is 9.84 Å². The van der Waals surface area contributed by atoms with E-state index >= 15 is 0 Å². The average molecular weight is 259 g/mol. The van der Waals surface area contributed by atoms with E-state index in [2.05, 4.69) is 4.72 Å². The first-order chi connectivity index (χ1) is 8.01. The van der Waals surface area contributed by atoms with Gasteiger partial charge in [0, 0.05) is 13.2 Å². The molecule has 96 valence electrons. The first-order valence-corrected chi connectivity index (χ1v) is 6.74. The smallest absolute Gasteiger partial charge is 0.244 e. The highest BCUT2D eigenvalue weighted by Gasteiger charge is 2.18. The van der Waals surface area contributed by atoms with Crippen molar-refractivity contribution < 1.29 is 18.3 Å². The van der Waals surface area contributed by atoms with Crippen LogP contribution in [0, 0.1) is 6.92 Å². The van der Waals surface area contributed by atoms with Gasteiger partial charge in [-0.05, 0) is 31.0 Å². The number of methoxy groups -OCH3 is 1. The summed E-state index contributed by atoms with van der Waals surface area (Å²) in [4.78, 5) is 0.123. The fraction of sp³-hybridized carbons (Fsp3) is 0.455. The third kappa shape index (κ3) is 3.69. The van der Waals surface area contributed by atoms with Crippen LogP contribution in [0.15, 0.2) is 23.1 Å². The van der Waals surface area contributed by atoms with Gasteiger partial charge in [-0.3, -0.25) is 0 Å². The van der Waals surface area contributed by atoms with Crippen molar-refractivity contribution in [1.29, 1.82) is 0 Å². The Labute approximate surface area is 101 Å². The fourth-order valence-electron chi connectivity index (χ4n) is 1.36. The van der Waals surface area contributed by atoms with Crippen molar-refractivity contribution in [2.24, 2.45) is 0 Å². The summed E-state index contributed by atoms with van der Waals surface area (Å²) in [7, 11) is -2.16. The number of aliphatic hydroxyl groups is 1. The molecule has 0 aliphatic heterocycles. The number of aliphatic hydroxyl groups excluding tert-OH is 1. The lowest BCUT2D eigenvalue weighted by atomic mass is 10.2. The van der Waals surface area contributed by atoms with E-state index in [-0.39, 0.29) is 18.0 Å². The first-order valence-electron chi connectivity index (χ1n) is 5.26. The zero-order chi connectivity index (χ0) is 12.9. The second-order valence-corrected chi connectivity index (χ2v) is 5.36. The van der Waals surface area contributed by atoms with E-state index in [0.717, 1.165) is 5.56 Å². The highest BCUT2D eigenvalue weighted by Crippen LogP contribution is 2.24. The Hall–Kier alpha value is -1.11. The van der Waals surface area contributed by atoms with Crippen molar-refractivity contribution in [2.75, 3.05) is 20.3 Å². The summed E-state index contributed by atoms with van der Waals surface area (Å²) in [6.07, 6.45) is 0.382. The molecule has 0 fully saturated rings. The predicted octanol–water partition coefficient (Wildman–Crippen LogP) is 0.664. The van der Waals surface area contributed by atoms with E-state index in [0.29, 0.717) is 12.2 Å². The van der Waals surface area contributed by atoms with Gasteiger partial charge in [0.05, 0.1) is 7.11 Å². The minimum Gasteiger partial charge on any atom is -0.495 e. The van der Waals surface area contributed by atoms with Crippen LogP contribution in [0.1, 0.15) is 12.0 Å². The Kier molecular flexibility index (Phi) is 4.92. The third-order valence-electron chi connectivity index (χ3n) is 2.24. The Morgan fingerprint density at radius 2 is 2.12 bits per heavy atom. The molecule has 0 aliphatic rings. The molecule has 1 aromatic rings. The number of aryl methyl sites for hydroxylation is 1. The molecule has 0 atom stereocenters. The summed E-state index contributed by atoms with van der Waals surface area (Å²) < 4.78 is 31.4. The van der Waals surface area contributed by atoms with Crippen molar-refractivity contribution in [3.63, 3.8) is 0 Å². The molecule has 0 saturated heterocycles. The second-order valence-electron chi connectivity index (χ2n) is 3.63. The van der Waals surface area contributed by atoms with Crippen molar-refractivity contribution in [3.8, 4) is 5.75 Å². The van der Waals surface area contributed by atoms with Crippen LogP contribution < -0.4 is 9.46 Å². The van der Waals surface area contributed by atoms with E-state index in [1.165, 1.54) is 7.11 Å².